The van der Waals surface area contributed by atoms with Gasteiger partial charge < -0.3 is 5.11 Å². The predicted octanol–water partition coefficient (Wildman–Crippen LogP) is 4.47. The molecule has 1 aliphatic rings. The number of benzene rings is 2. The highest BCUT2D eigenvalue weighted by Crippen LogP contribution is 2.37. The van der Waals surface area contributed by atoms with Gasteiger partial charge in [-0.2, -0.15) is 0 Å². The van der Waals surface area contributed by atoms with E-state index in [4.69, 9.17) is 23.2 Å². The van der Waals surface area contributed by atoms with E-state index >= 15 is 0 Å². The number of carbonyl (C=O) groups is 1. The van der Waals surface area contributed by atoms with E-state index in [-0.39, 0.29) is 5.78 Å². The lowest BCUT2D eigenvalue weighted by Crippen LogP contribution is -2.28. The van der Waals surface area contributed by atoms with Gasteiger partial charge in [0.1, 0.15) is 0 Å². The molecule has 2 aromatic carbocycles. The molecule has 21 heavy (non-hydrogen) atoms. The molecule has 4 heteroatoms. The quantitative estimate of drug-likeness (QED) is 0.886. The van der Waals surface area contributed by atoms with Crippen molar-refractivity contribution in [3.05, 3.63) is 69.2 Å². The number of ketones is 1. The number of carbonyl (C=O) groups excluding carboxylic acids is 1. The number of hydrogen-bond acceptors (Lipinski definition) is 2. The Kier molecular flexibility index (Phi) is 4.03. The Balaban J connectivity index is 1.93. The van der Waals surface area contributed by atoms with E-state index in [1.807, 2.05) is 24.3 Å². The highest BCUT2D eigenvalue weighted by Gasteiger charge is 2.34. The fourth-order valence-electron chi connectivity index (χ4n) is 2.88. The van der Waals surface area contributed by atoms with Crippen LogP contribution >= 0.6 is 23.2 Å². The number of fused-ring (bicyclic) bond motifs is 1. The zero-order valence-corrected chi connectivity index (χ0v) is 12.7. The lowest BCUT2D eigenvalue weighted by molar-refractivity contribution is 0.0638. The normalized spacial score (nSPS) is 19.2. The van der Waals surface area contributed by atoms with Crippen LogP contribution in [-0.4, -0.2) is 10.9 Å². The smallest absolute Gasteiger partial charge is 0.169 e. The molecule has 108 valence electrons. The minimum atomic E-state index is -0.907. The van der Waals surface area contributed by atoms with E-state index in [9.17, 15) is 9.90 Å². The summed E-state index contributed by atoms with van der Waals surface area (Å²) in [4.78, 5) is 12.6. The molecular weight excluding hydrogens is 307 g/mol. The maximum atomic E-state index is 12.6. The van der Waals surface area contributed by atoms with Crippen molar-refractivity contribution in [1.82, 2.24) is 0 Å². The van der Waals surface area contributed by atoms with Crippen molar-refractivity contribution in [2.24, 2.45) is 5.92 Å². The van der Waals surface area contributed by atoms with Crippen LogP contribution < -0.4 is 0 Å². The standard InChI is InChI=1S/C17H14Cl2O2/c18-11-6-8-13(15(19)9-11)17(21)14-7-5-10-3-1-2-4-12(10)16(14)20/h1-4,6,8-9,14,17,21H,5,7H2/t14-,17-/m1/s1. The fraction of sp³-hybridized carbons (Fsp3) is 0.235. The number of aliphatic hydroxyl groups is 1. The number of Topliss-reactive ketones (excluding diaryl/α,β-unsaturated/α-hetero) is 1. The Morgan fingerprint density at radius 3 is 2.67 bits per heavy atom. The molecular formula is C17H14Cl2O2. The summed E-state index contributed by atoms with van der Waals surface area (Å²) in [7, 11) is 0. The molecule has 0 aromatic heterocycles. The van der Waals surface area contributed by atoms with E-state index < -0.39 is 12.0 Å². The van der Waals surface area contributed by atoms with Gasteiger partial charge >= 0.3 is 0 Å². The van der Waals surface area contributed by atoms with Crippen molar-refractivity contribution >= 4 is 29.0 Å². The highest BCUT2D eigenvalue weighted by molar-refractivity contribution is 6.35. The highest BCUT2D eigenvalue weighted by atomic mass is 35.5. The van der Waals surface area contributed by atoms with Gasteiger partial charge in [-0.15, -0.1) is 0 Å². The molecule has 1 aliphatic carbocycles. The van der Waals surface area contributed by atoms with Gasteiger partial charge in [-0.3, -0.25) is 4.79 Å². The third kappa shape index (κ3) is 2.71. The van der Waals surface area contributed by atoms with Gasteiger partial charge in [0.05, 0.1) is 12.0 Å². The molecule has 2 atom stereocenters. The molecule has 0 saturated carbocycles. The van der Waals surface area contributed by atoms with Gasteiger partial charge in [0.2, 0.25) is 0 Å². The van der Waals surface area contributed by atoms with Gasteiger partial charge in [0, 0.05) is 15.6 Å². The molecule has 2 nitrogen and oxygen atoms in total. The SMILES string of the molecule is O=C1c2ccccc2CC[C@H]1[C@H](O)c1ccc(Cl)cc1Cl. The van der Waals surface area contributed by atoms with Crippen molar-refractivity contribution in [2.75, 3.05) is 0 Å². The van der Waals surface area contributed by atoms with Crippen LogP contribution in [0, 0.1) is 5.92 Å². The van der Waals surface area contributed by atoms with Crippen LogP contribution in [-0.2, 0) is 6.42 Å². The van der Waals surface area contributed by atoms with Gasteiger partial charge in [0.15, 0.2) is 5.78 Å². The van der Waals surface area contributed by atoms with Crippen LogP contribution in [0.1, 0.15) is 34.0 Å². The Hall–Kier alpha value is -1.35. The lowest BCUT2D eigenvalue weighted by atomic mass is 9.78. The number of halogens is 2. The van der Waals surface area contributed by atoms with Crippen molar-refractivity contribution in [1.29, 1.82) is 0 Å². The summed E-state index contributed by atoms with van der Waals surface area (Å²) in [5.41, 5.74) is 2.31. The summed E-state index contributed by atoms with van der Waals surface area (Å²) >= 11 is 12.0. The molecule has 0 spiro atoms. The molecule has 0 saturated heterocycles. The van der Waals surface area contributed by atoms with Gasteiger partial charge in [-0.1, -0.05) is 53.5 Å². The first kappa shape index (κ1) is 14.6. The molecule has 0 bridgehead atoms. The maximum absolute atomic E-state index is 12.6. The molecule has 0 radical (unpaired) electrons. The number of aryl methyl sites for hydroxylation is 1. The molecule has 0 heterocycles. The summed E-state index contributed by atoms with van der Waals surface area (Å²) in [6.45, 7) is 0. The Bertz CT molecular complexity index is 697. The fourth-order valence-corrected chi connectivity index (χ4v) is 3.40. The molecule has 3 rings (SSSR count). The first-order valence-electron chi connectivity index (χ1n) is 6.83. The number of rotatable bonds is 2. The summed E-state index contributed by atoms with van der Waals surface area (Å²) in [5.74, 6) is -0.478. The molecule has 0 fully saturated rings. The number of aliphatic hydroxyl groups excluding tert-OH is 1. The predicted molar refractivity (Wildman–Crippen MR) is 84.0 cm³/mol. The second-order valence-electron chi connectivity index (χ2n) is 5.28. The molecule has 0 unspecified atom stereocenters. The van der Waals surface area contributed by atoms with Gasteiger partial charge in [0.25, 0.3) is 0 Å². The topological polar surface area (TPSA) is 37.3 Å². The summed E-state index contributed by atoms with van der Waals surface area (Å²) < 4.78 is 0. The van der Waals surface area contributed by atoms with Crippen LogP contribution in [0.15, 0.2) is 42.5 Å². The van der Waals surface area contributed by atoms with Gasteiger partial charge in [-0.05, 0) is 36.1 Å². The van der Waals surface area contributed by atoms with Crippen molar-refractivity contribution < 1.29 is 9.90 Å². The first-order valence-corrected chi connectivity index (χ1v) is 7.58. The second kappa shape index (κ2) is 5.80. The van der Waals surface area contributed by atoms with Crippen LogP contribution in [0.25, 0.3) is 0 Å². The summed E-state index contributed by atoms with van der Waals surface area (Å²) in [5, 5.41) is 11.5. The average Bonchev–Trinajstić information content (AvgIpc) is 2.47. The van der Waals surface area contributed by atoms with E-state index in [0.717, 1.165) is 12.0 Å². The largest absolute Gasteiger partial charge is 0.388 e. The van der Waals surface area contributed by atoms with Crippen LogP contribution in [0.3, 0.4) is 0 Å². The van der Waals surface area contributed by atoms with Crippen molar-refractivity contribution in [3.63, 3.8) is 0 Å². The zero-order valence-electron chi connectivity index (χ0n) is 11.2. The van der Waals surface area contributed by atoms with E-state index in [1.54, 1.807) is 18.2 Å². The van der Waals surface area contributed by atoms with Crippen LogP contribution in [0.2, 0.25) is 10.0 Å². The molecule has 0 amide bonds. The van der Waals surface area contributed by atoms with Crippen LogP contribution in [0.5, 0.6) is 0 Å². The zero-order chi connectivity index (χ0) is 15.0. The third-order valence-corrected chi connectivity index (χ3v) is 4.57. The number of hydrogen-bond donors (Lipinski definition) is 1. The summed E-state index contributed by atoms with van der Waals surface area (Å²) in [6, 6.07) is 12.5. The van der Waals surface area contributed by atoms with Crippen molar-refractivity contribution in [2.45, 2.75) is 18.9 Å². The minimum absolute atomic E-state index is 0.0182. The molecule has 1 N–H and O–H groups in total. The Labute approximate surface area is 133 Å². The minimum Gasteiger partial charge on any atom is -0.388 e. The maximum Gasteiger partial charge on any atom is 0.169 e. The first-order chi connectivity index (χ1) is 10.1. The van der Waals surface area contributed by atoms with Crippen molar-refractivity contribution in [3.8, 4) is 0 Å². The lowest BCUT2D eigenvalue weighted by Gasteiger charge is -2.27. The second-order valence-corrected chi connectivity index (χ2v) is 6.12. The van der Waals surface area contributed by atoms with Crippen LogP contribution in [0.4, 0.5) is 0 Å². The Morgan fingerprint density at radius 1 is 1.14 bits per heavy atom. The molecule has 2 aromatic rings. The van der Waals surface area contributed by atoms with E-state index in [2.05, 4.69) is 0 Å². The van der Waals surface area contributed by atoms with E-state index in [1.165, 1.54) is 0 Å². The summed E-state index contributed by atoms with van der Waals surface area (Å²) in [6.07, 6.45) is 0.501. The molecule has 0 aliphatic heterocycles. The Morgan fingerprint density at radius 2 is 1.90 bits per heavy atom. The monoisotopic (exact) mass is 320 g/mol. The van der Waals surface area contributed by atoms with E-state index in [0.29, 0.717) is 27.6 Å². The van der Waals surface area contributed by atoms with Gasteiger partial charge in [-0.25, -0.2) is 0 Å². The average molecular weight is 321 g/mol. The third-order valence-electron chi connectivity index (χ3n) is 4.01.